The molecule has 1 aliphatic heterocycles. The first-order chi connectivity index (χ1) is 16.1. The second-order valence-corrected chi connectivity index (χ2v) is 8.39. The van der Waals surface area contributed by atoms with Gasteiger partial charge in [-0.2, -0.15) is 0 Å². The normalized spacial score (nSPS) is 17.8. The van der Waals surface area contributed by atoms with Crippen molar-refractivity contribution >= 4 is 34.6 Å². The predicted octanol–water partition coefficient (Wildman–Crippen LogP) is 5.85. The molecule has 5 rings (SSSR count). The number of pyridine rings is 1. The first kappa shape index (κ1) is 21.4. The summed E-state index contributed by atoms with van der Waals surface area (Å²) in [6, 6.07) is 21.4. The van der Waals surface area contributed by atoms with E-state index in [0.29, 0.717) is 15.9 Å². The van der Waals surface area contributed by atoms with E-state index in [1.54, 1.807) is 25.4 Å². The highest BCUT2D eigenvalue weighted by molar-refractivity contribution is 7.80. The van der Waals surface area contributed by atoms with E-state index in [4.69, 9.17) is 28.6 Å². The quantitative estimate of drug-likeness (QED) is 0.364. The lowest BCUT2D eigenvalue weighted by atomic mass is 10.0. The first-order valence-electron chi connectivity index (χ1n) is 10.3. The zero-order chi connectivity index (χ0) is 22.9. The first-order valence-corrected chi connectivity index (χ1v) is 11.1. The van der Waals surface area contributed by atoms with E-state index < -0.39 is 0 Å². The fraction of sp³-hybridized carbons (Fsp3) is 0.120. The monoisotopic (exact) mass is 478 g/mol. The maximum absolute atomic E-state index is 13.6. The molecule has 1 fully saturated rings. The molecule has 0 bridgehead atoms. The number of rotatable bonds is 5. The minimum absolute atomic E-state index is 0.214. The zero-order valence-corrected chi connectivity index (χ0v) is 19.2. The van der Waals surface area contributed by atoms with E-state index >= 15 is 0 Å². The van der Waals surface area contributed by atoms with Gasteiger partial charge in [0.25, 0.3) is 0 Å². The molecule has 1 aliphatic rings. The summed E-state index contributed by atoms with van der Waals surface area (Å²) in [5, 5.41) is 4.49. The van der Waals surface area contributed by atoms with E-state index in [1.807, 2.05) is 64.2 Å². The van der Waals surface area contributed by atoms with Gasteiger partial charge in [0.05, 0.1) is 23.9 Å². The Morgan fingerprint density at radius 1 is 1.03 bits per heavy atom. The standard InChI is InChI=1S/C25H20ClFN4OS/c1-32-22-12-11-18(15-19(22)26)31-24(23(29-25(31)33)20-5-2-3-13-28-20)21-6-4-14-30(21)17-9-7-16(27)8-10-17/h2-15,23-24H,1H3,(H,29,33)/t23-,24+/m1/s1. The van der Waals surface area contributed by atoms with E-state index in [2.05, 4.69) is 10.3 Å². The van der Waals surface area contributed by atoms with Gasteiger partial charge in [-0.15, -0.1) is 0 Å². The van der Waals surface area contributed by atoms with Crippen LogP contribution in [-0.2, 0) is 0 Å². The molecule has 8 heteroatoms. The summed E-state index contributed by atoms with van der Waals surface area (Å²) < 4.78 is 20.9. The average molecular weight is 479 g/mol. The number of halogens is 2. The van der Waals surface area contributed by atoms with Crippen LogP contribution in [0.4, 0.5) is 10.1 Å². The number of thiocarbonyl (C=S) groups is 1. The summed E-state index contributed by atoms with van der Waals surface area (Å²) in [5.41, 5.74) is 3.51. The van der Waals surface area contributed by atoms with Crippen LogP contribution in [0.15, 0.2) is 85.2 Å². The number of benzene rings is 2. The molecule has 4 aromatic rings. The lowest BCUT2D eigenvalue weighted by Gasteiger charge is -2.29. The van der Waals surface area contributed by atoms with Crippen molar-refractivity contribution in [1.29, 1.82) is 0 Å². The Morgan fingerprint density at radius 2 is 1.82 bits per heavy atom. The number of nitrogens with one attached hydrogen (secondary N) is 1. The second kappa shape index (κ2) is 8.84. The molecule has 166 valence electrons. The van der Waals surface area contributed by atoms with Crippen LogP contribution in [0.2, 0.25) is 5.02 Å². The van der Waals surface area contributed by atoms with Gasteiger partial charge in [-0.1, -0.05) is 17.7 Å². The van der Waals surface area contributed by atoms with Gasteiger partial charge < -0.3 is 19.5 Å². The fourth-order valence-electron chi connectivity index (χ4n) is 4.21. The van der Waals surface area contributed by atoms with Crippen LogP contribution < -0.4 is 15.0 Å². The van der Waals surface area contributed by atoms with Gasteiger partial charge in [-0.3, -0.25) is 4.98 Å². The van der Waals surface area contributed by atoms with Gasteiger partial charge in [-0.25, -0.2) is 4.39 Å². The largest absolute Gasteiger partial charge is 0.495 e. The van der Waals surface area contributed by atoms with E-state index in [9.17, 15) is 4.39 Å². The molecular weight excluding hydrogens is 459 g/mol. The SMILES string of the molecule is COc1ccc(N2C(=S)N[C@H](c3ccccn3)[C@@H]2c2cccn2-c2ccc(F)cc2)cc1Cl. The lowest BCUT2D eigenvalue weighted by molar-refractivity contribution is 0.415. The van der Waals surface area contributed by atoms with E-state index in [0.717, 1.165) is 22.8 Å². The Hall–Kier alpha value is -3.42. The number of methoxy groups -OCH3 is 1. The number of hydrogen-bond donors (Lipinski definition) is 1. The second-order valence-electron chi connectivity index (χ2n) is 7.59. The molecule has 2 aromatic carbocycles. The van der Waals surface area contributed by atoms with Crippen LogP contribution in [0, 0.1) is 5.82 Å². The summed E-state index contributed by atoms with van der Waals surface area (Å²) in [6.45, 7) is 0. The van der Waals surface area contributed by atoms with Gasteiger partial charge in [0.15, 0.2) is 5.11 Å². The van der Waals surface area contributed by atoms with Crippen molar-refractivity contribution in [2.75, 3.05) is 12.0 Å². The molecule has 0 unspecified atom stereocenters. The van der Waals surface area contributed by atoms with E-state index in [1.165, 1.54) is 12.1 Å². The molecule has 0 amide bonds. The third kappa shape index (κ3) is 3.94. The minimum atomic E-state index is -0.281. The van der Waals surface area contributed by atoms with Crippen molar-refractivity contribution in [3.8, 4) is 11.4 Å². The molecule has 5 nitrogen and oxygen atoms in total. The van der Waals surface area contributed by atoms with Crippen molar-refractivity contribution in [2.24, 2.45) is 0 Å². The maximum atomic E-state index is 13.6. The van der Waals surface area contributed by atoms with E-state index in [-0.39, 0.29) is 17.9 Å². The molecule has 0 aliphatic carbocycles. The Balaban J connectivity index is 1.66. The molecule has 0 radical (unpaired) electrons. The molecule has 33 heavy (non-hydrogen) atoms. The Kier molecular flexibility index (Phi) is 5.74. The van der Waals surface area contributed by atoms with Crippen LogP contribution in [0.5, 0.6) is 5.75 Å². The van der Waals surface area contributed by atoms with Crippen molar-refractivity contribution < 1.29 is 9.13 Å². The third-order valence-electron chi connectivity index (χ3n) is 5.70. The fourth-order valence-corrected chi connectivity index (χ4v) is 4.81. The summed E-state index contributed by atoms with van der Waals surface area (Å²) >= 11 is 12.2. The molecule has 3 heterocycles. The highest BCUT2D eigenvalue weighted by atomic mass is 35.5. The van der Waals surface area contributed by atoms with Gasteiger partial charge >= 0.3 is 0 Å². The number of aromatic nitrogens is 2. The zero-order valence-electron chi connectivity index (χ0n) is 17.7. The Bertz CT molecular complexity index is 1300. The van der Waals surface area contributed by atoms with Gasteiger partial charge in [-0.05, 0) is 78.9 Å². The lowest BCUT2D eigenvalue weighted by Crippen LogP contribution is -2.30. The smallest absolute Gasteiger partial charge is 0.174 e. The number of hydrogen-bond acceptors (Lipinski definition) is 3. The van der Waals surface area contributed by atoms with Crippen LogP contribution in [0.3, 0.4) is 0 Å². The molecule has 1 N–H and O–H groups in total. The number of nitrogens with zero attached hydrogens (tertiary/aromatic N) is 3. The Morgan fingerprint density at radius 3 is 2.52 bits per heavy atom. The van der Waals surface area contributed by atoms with Crippen molar-refractivity contribution in [3.63, 3.8) is 0 Å². The summed E-state index contributed by atoms with van der Waals surface area (Å²) in [7, 11) is 1.58. The third-order valence-corrected chi connectivity index (χ3v) is 6.31. The van der Waals surface area contributed by atoms with Crippen LogP contribution in [-0.4, -0.2) is 21.8 Å². The van der Waals surface area contributed by atoms with Crippen LogP contribution in [0.1, 0.15) is 23.5 Å². The summed E-state index contributed by atoms with van der Waals surface area (Å²) in [5.74, 6) is 0.308. The number of ether oxygens (including phenoxy) is 1. The molecular formula is C25H20ClFN4OS. The predicted molar refractivity (Wildman–Crippen MR) is 132 cm³/mol. The maximum Gasteiger partial charge on any atom is 0.174 e. The molecule has 2 aromatic heterocycles. The highest BCUT2D eigenvalue weighted by Crippen LogP contribution is 2.43. The average Bonchev–Trinajstić information content (AvgIpc) is 3.44. The summed E-state index contributed by atoms with van der Waals surface area (Å²) in [6.07, 6.45) is 3.72. The van der Waals surface area contributed by atoms with Gasteiger partial charge in [0, 0.05) is 29.5 Å². The minimum Gasteiger partial charge on any atom is -0.495 e. The van der Waals surface area contributed by atoms with Crippen molar-refractivity contribution in [1.82, 2.24) is 14.9 Å². The molecule has 2 atom stereocenters. The molecule has 0 spiro atoms. The number of anilines is 1. The van der Waals surface area contributed by atoms with Crippen LogP contribution >= 0.6 is 23.8 Å². The molecule has 1 saturated heterocycles. The Labute approximate surface area is 201 Å². The topological polar surface area (TPSA) is 42.3 Å². The van der Waals surface area contributed by atoms with Crippen molar-refractivity contribution in [2.45, 2.75) is 12.1 Å². The van der Waals surface area contributed by atoms with Gasteiger partial charge in [0.2, 0.25) is 0 Å². The van der Waals surface area contributed by atoms with Crippen molar-refractivity contribution in [3.05, 3.63) is 107 Å². The molecule has 0 saturated carbocycles. The van der Waals surface area contributed by atoms with Gasteiger partial charge in [0.1, 0.15) is 17.6 Å². The highest BCUT2D eigenvalue weighted by Gasteiger charge is 2.42. The summed E-state index contributed by atoms with van der Waals surface area (Å²) in [4.78, 5) is 6.63. The van der Waals surface area contributed by atoms with Crippen LogP contribution in [0.25, 0.3) is 5.69 Å².